The first kappa shape index (κ1) is 25.8. The molecule has 1 aliphatic heterocycles. The highest BCUT2D eigenvalue weighted by Crippen LogP contribution is 2.59. The van der Waals surface area contributed by atoms with Crippen molar-refractivity contribution in [3.05, 3.63) is 71.7 Å². The van der Waals surface area contributed by atoms with Gasteiger partial charge in [-0.1, -0.05) is 25.1 Å². The second-order valence-electron chi connectivity index (χ2n) is 11.1. The number of nitrogens with one attached hydrogen (secondary N) is 1. The molecule has 6 rings (SSSR count). The number of hydrogen-bond donors (Lipinski definition) is 1. The fraction of sp³-hybridized carbons (Fsp3) is 0.333. The van der Waals surface area contributed by atoms with Crippen LogP contribution in [-0.4, -0.2) is 54.3 Å². The van der Waals surface area contributed by atoms with E-state index in [1.807, 2.05) is 25.1 Å². The average molecular weight is 541 g/mol. The van der Waals surface area contributed by atoms with Gasteiger partial charge in [0, 0.05) is 36.3 Å². The molecule has 0 radical (unpaired) electrons. The molecule has 10 heteroatoms. The van der Waals surface area contributed by atoms with Crippen LogP contribution in [0.2, 0.25) is 0 Å². The van der Waals surface area contributed by atoms with Gasteiger partial charge in [0.1, 0.15) is 29.9 Å². The first-order valence-electron chi connectivity index (χ1n) is 13.2. The summed E-state index contributed by atoms with van der Waals surface area (Å²) in [6.45, 7) is 6.81. The minimum Gasteiger partial charge on any atom is -0.325 e. The van der Waals surface area contributed by atoms with Gasteiger partial charge in [0.25, 0.3) is 0 Å². The average Bonchev–Trinajstić information content (AvgIpc) is 3.29. The molecule has 0 spiro atoms. The predicted octanol–water partition coefficient (Wildman–Crippen LogP) is 4.47. The Labute approximate surface area is 230 Å². The zero-order valence-corrected chi connectivity index (χ0v) is 22.7. The van der Waals surface area contributed by atoms with Crippen LogP contribution in [-0.2, 0) is 16.1 Å². The van der Waals surface area contributed by atoms with Gasteiger partial charge in [-0.15, -0.1) is 0 Å². The number of fused-ring (bicyclic) bond motifs is 2. The predicted molar refractivity (Wildman–Crippen MR) is 147 cm³/mol. The molecule has 9 nitrogen and oxygen atoms in total. The van der Waals surface area contributed by atoms with Gasteiger partial charge < -0.3 is 10.2 Å². The van der Waals surface area contributed by atoms with Gasteiger partial charge in [-0.05, 0) is 61.4 Å². The fourth-order valence-electron chi connectivity index (χ4n) is 5.81. The number of aromatic nitrogens is 4. The van der Waals surface area contributed by atoms with Gasteiger partial charge >= 0.3 is 0 Å². The van der Waals surface area contributed by atoms with Gasteiger partial charge in [0.2, 0.25) is 11.8 Å². The maximum absolute atomic E-state index is 14.6. The number of nitrogens with zero attached hydrogens (tertiary/aromatic N) is 5. The molecule has 2 amide bonds. The third kappa shape index (κ3) is 4.33. The van der Waals surface area contributed by atoms with Gasteiger partial charge in [0.15, 0.2) is 5.78 Å². The van der Waals surface area contributed by atoms with E-state index in [0.29, 0.717) is 28.7 Å². The van der Waals surface area contributed by atoms with Crippen LogP contribution < -0.4 is 5.32 Å². The van der Waals surface area contributed by atoms with Crippen molar-refractivity contribution in [2.45, 2.75) is 59.2 Å². The summed E-state index contributed by atoms with van der Waals surface area (Å²) >= 11 is 0. The molecule has 0 bridgehead atoms. The van der Waals surface area contributed by atoms with E-state index in [0.717, 1.165) is 17.5 Å². The quantitative estimate of drug-likeness (QED) is 0.362. The van der Waals surface area contributed by atoms with Crippen molar-refractivity contribution < 1.29 is 18.8 Å². The summed E-state index contributed by atoms with van der Waals surface area (Å²) in [6, 6.07) is 9.59. The van der Waals surface area contributed by atoms with Crippen LogP contribution in [0.1, 0.15) is 48.6 Å². The summed E-state index contributed by atoms with van der Waals surface area (Å²) in [5.74, 6) is -0.732. The van der Waals surface area contributed by atoms with E-state index in [9.17, 15) is 18.8 Å². The number of piperidine rings is 1. The summed E-state index contributed by atoms with van der Waals surface area (Å²) in [6.07, 6.45) is 4.75. The zero-order valence-electron chi connectivity index (χ0n) is 22.7. The molecule has 3 atom stereocenters. The Kier molecular flexibility index (Phi) is 6.01. The van der Waals surface area contributed by atoms with Crippen LogP contribution in [0.3, 0.4) is 0 Å². The second-order valence-corrected chi connectivity index (χ2v) is 11.1. The molecule has 1 saturated heterocycles. The number of carbonyl (C=O) groups excluding carboxylic acids is 3. The highest BCUT2D eigenvalue weighted by atomic mass is 19.1. The number of likely N-dealkylation sites (tertiary alicyclic amines) is 1. The molecule has 1 saturated carbocycles. The van der Waals surface area contributed by atoms with Crippen molar-refractivity contribution in [3.63, 3.8) is 0 Å². The monoisotopic (exact) mass is 540 g/mol. The maximum atomic E-state index is 14.6. The molecule has 2 aliphatic rings. The second kappa shape index (κ2) is 9.32. The van der Waals surface area contributed by atoms with Gasteiger partial charge in [0.05, 0.1) is 11.2 Å². The van der Waals surface area contributed by atoms with Crippen LogP contribution in [0.4, 0.5) is 10.1 Å². The van der Waals surface area contributed by atoms with Crippen LogP contribution >= 0.6 is 0 Å². The fourth-order valence-corrected chi connectivity index (χ4v) is 5.81. The Morgan fingerprint density at radius 1 is 1.07 bits per heavy atom. The molecule has 2 aromatic carbocycles. The van der Waals surface area contributed by atoms with Crippen LogP contribution in [0.5, 0.6) is 0 Å². The topological polar surface area (TPSA) is 110 Å². The number of ketones is 1. The minimum atomic E-state index is -0.724. The number of hydrogen-bond acceptors (Lipinski definition) is 6. The number of halogens is 1. The normalized spacial score (nSPS) is 21.4. The molecule has 0 unspecified atom stereocenters. The number of benzene rings is 2. The van der Waals surface area contributed by atoms with E-state index in [1.54, 1.807) is 36.4 Å². The molecule has 1 aliphatic carbocycles. The largest absolute Gasteiger partial charge is 0.325 e. The first-order valence-corrected chi connectivity index (χ1v) is 13.2. The number of Topliss-reactive ketones (excluding diaryl/α,β-unsaturated/α-hetero) is 1. The molecule has 1 N–H and O–H groups in total. The highest BCUT2D eigenvalue weighted by molar-refractivity contribution is 6.06. The van der Waals surface area contributed by atoms with Crippen molar-refractivity contribution in [1.29, 1.82) is 0 Å². The van der Waals surface area contributed by atoms with E-state index in [1.165, 1.54) is 17.7 Å². The number of rotatable bonds is 6. The lowest BCUT2D eigenvalue weighted by Gasteiger charge is -2.27. The lowest BCUT2D eigenvalue weighted by atomic mass is 10.0. The summed E-state index contributed by atoms with van der Waals surface area (Å²) < 4.78 is 16.1. The summed E-state index contributed by atoms with van der Waals surface area (Å²) in [4.78, 5) is 49.7. The Bertz CT molecular complexity index is 1700. The number of anilines is 1. The highest BCUT2D eigenvalue weighted by Gasteiger charge is 2.64. The molecular formula is C30H29FN6O3. The smallest absolute Gasteiger partial charge is 0.247 e. The van der Waals surface area contributed by atoms with Crippen molar-refractivity contribution in [1.82, 2.24) is 24.6 Å². The third-order valence-corrected chi connectivity index (χ3v) is 8.16. The van der Waals surface area contributed by atoms with E-state index < -0.39 is 17.8 Å². The Balaban J connectivity index is 1.29. The number of amides is 2. The number of aryl methyl sites for hydroxylation is 2. The molecule has 3 heterocycles. The summed E-state index contributed by atoms with van der Waals surface area (Å²) in [5, 5.41) is 7.82. The van der Waals surface area contributed by atoms with Crippen molar-refractivity contribution in [3.8, 4) is 11.1 Å². The van der Waals surface area contributed by atoms with Crippen molar-refractivity contribution in [2.24, 2.45) is 5.41 Å². The Morgan fingerprint density at radius 2 is 1.82 bits per heavy atom. The van der Waals surface area contributed by atoms with Crippen molar-refractivity contribution in [2.75, 3.05) is 5.32 Å². The minimum absolute atomic E-state index is 0.0691. The molecule has 2 aromatic heterocycles. The SMILES string of the molecule is CC(=O)c1nn(CC(=O)N2[C@H](C(=O)Nc3cccc(C)c3F)C[C@@]3(C)C[C@@H]23)c2ccc(-c3cnc(C)nc3)cc12. The van der Waals surface area contributed by atoms with Gasteiger partial charge in [-0.3, -0.25) is 19.1 Å². The molecule has 40 heavy (non-hydrogen) atoms. The molecule has 4 aromatic rings. The number of carbonyl (C=O) groups is 3. The molecule has 204 valence electrons. The van der Waals surface area contributed by atoms with E-state index >= 15 is 0 Å². The van der Waals surface area contributed by atoms with Gasteiger partial charge in [-0.2, -0.15) is 5.10 Å². The van der Waals surface area contributed by atoms with Crippen LogP contribution in [0.25, 0.3) is 22.0 Å². The van der Waals surface area contributed by atoms with E-state index in [2.05, 4.69) is 27.3 Å². The van der Waals surface area contributed by atoms with Gasteiger partial charge in [-0.25, -0.2) is 14.4 Å². The Morgan fingerprint density at radius 3 is 2.55 bits per heavy atom. The third-order valence-electron chi connectivity index (χ3n) is 8.16. The van der Waals surface area contributed by atoms with E-state index in [4.69, 9.17) is 0 Å². The molecular weight excluding hydrogens is 511 g/mol. The Hall–Kier alpha value is -4.47. The van der Waals surface area contributed by atoms with E-state index in [-0.39, 0.29) is 41.1 Å². The lowest BCUT2D eigenvalue weighted by molar-refractivity contribution is -0.138. The summed E-state index contributed by atoms with van der Waals surface area (Å²) in [5.41, 5.74) is 2.91. The molecule has 2 fully saturated rings. The summed E-state index contributed by atoms with van der Waals surface area (Å²) in [7, 11) is 0. The lowest BCUT2D eigenvalue weighted by Crippen LogP contribution is -2.46. The first-order chi connectivity index (χ1) is 19.1. The van der Waals surface area contributed by atoms with Crippen LogP contribution in [0.15, 0.2) is 48.8 Å². The zero-order chi connectivity index (χ0) is 28.3. The van der Waals surface area contributed by atoms with Crippen molar-refractivity contribution >= 4 is 34.2 Å². The standard InChI is InChI=1S/C30H29FN6O3/c1-16-6-5-7-22(27(16)31)34-29(40)24-11-30(4)12-25(30)37(24)26(39)15-36-23-9-8-19(20-13-32-18(3)33-14-20)10-21(23)28(35-36)17(2)38/h5-10,13-14,24-25H,11-12,15H2,1-4H3,(H,34,40)/t24-,25+,30-/m0/s1. The van der Waals surface area contributed by atoms with Crippen LogP contribution in [0, 0.1) is 25.1 Å². The maximum Gasteiger partial charge on any atom is 0.247 e.